The van der Waals surface area contributed by atoms with Crippen LogP contribution in [-0.2, 0) is 6.42 Å². The van der Waals surface area contributed by atoms with Crippen molar-refractivity contribution in [2.45, 2.75) is 18.9 Å². The van der Waals surface area contributed by atoms with Crippen molar-refractivity contribution in [3.8, 4) is 6.07 Å². The number of nitrogens with one attached hydrogen (secondary N) is 1. The quantitative estimate of drug-likeness (QED) is 0.690. The SMILES string of the molecule is N#CCNC1CCc2ccccc21. The molecule has 0 amide bonds. The van der Waals surface area contributed by atoms with Crippen LogP contribution in [0.25, 0.3) is 0 Å². The molecule has 2 nitrogen and oxygen atoms in total. The highest BCUT2D eigenvalue weighted by atomic mass is 14.9. The highest BCUT2D eigenvalue weighted by Crippen LogP contribution is 2.30. The summed E-state index contributed by atoms with van der Waals surface area (Å²) in [6, 6.07) is 11.0. The number of rotatable bonds is 2. The number of fused-ring (bicyclic) bond motifs is 1. The third kappa shape index (κ3) is 1.56. The van der Waals surface area contributed by atoms with E-state index in [4.69, 9.17) is 5.26 Å². The van der Waals surface area contributed by atoms with Crippen LogP contribution in [-0.4, -0.2) is 6.54 Å². The molecule has 0 saturated heterocycles. The van der Waals surface area contributed by atoms with Gasteiger partial charge in [0, 0.05) is 6.04 Å². The van der Waals surface area contributed by atoms with E-state index in [-0.39, 0.29) is 0 Å². The van der Waals surface area contributed by atoms with Crippen molar-refractivity contribution < 1.29 is 0 Å². The first-order valence-corrected chi connectivity index (χ1v) is 4.60. The Bertz CT molecular complexity index is 338. The molecule has 1 aromatic carbocycles. The molecule has 0 aliphatic heterocycles. The molecule has 13 heavy (non-hydrogen) atoms. The number of hydrogen-bond acceptors (Lipinski definition) is 2. The van der Waals surface area contributed by atoms with Crippen molar-refractivity contribution in [2.24, 2.45) is 0 Å². The average Bonchev–Trinajstić information content (AvgIpc) is 2.58. The third-order valence-corrected chi connectivity index (χ3v) is 2.56. The minimum absolute atomic E-state index is 0.399. The van der Waals surface area contributed by atoms with Crippen molar-refractivity contribution in [3.63, 3.8) is 0 Å². The molecule has 0 spiro atoms. The molecule has 1 aliphatic carbocycles. The average molecular weight is 172 g/mol. The lowest BCUT2D eigenvalue weighted by Crippen LogP contribution is -2.19. The maximum absolute atomic E-state index is 8.46. The topological polar surface area (TPSA) is 35.8 Å². The van der Waals surface area contributed by atoms with Gasteiger partial charge in [-0.1, -0.05) is 24.3 Å². The molecule has 0 saturated carbocycles. The van der Waals surface area contributed by atoms with Gasteiger partial charge in [-0.05, 0) is 24.0 Å². The highest BCUT2D eigenvalue weighted by Gasteiger charge is 2.20. The van der Waals surface area contributed by atoms with E-state index in [2.05, 4.69) is 35.7 Å². The van der Waals surface area contributed by atoms with Gasteiger partial charge in [0.2, 0.25) is 0 Å². The van der Waals surface area contributed by atoms with E-state index in [1.165, 1.54) is 11.1 Å². The van der Waals surface area contributed by atoms with Crippen LogP contribution in [0.3, 0.4) is 0 Å². The third-order valence-electron chi connectivity index (χ3n) is 2.56. The molecule has 1 aliphatic rings. The first kappa shape index (κ1) is 8.28. The van der Waals surface area contributed by atoms with Crippen molar-refractivity contribution in [1.29, 1.82) is 5.26 Å². The summed E-state index contributed by atoms with van der Waals surface area (Å²) in [5.41, 5.74) is 2.80. The van der Waals surface area contributed by atoms with Crippen LogP contribution in [0.2, 0.25) is 0 Å². The maximum atomic E-state index is 8.46. The smallest absolute Gasteiger partial charge is 0.0845 e. The molecule has 0 aromatic heterocycles. The largest absolute Gasteiger partial charge is 0.298 e. The Hall–Kier alpha value is -1.33. The molecule has 0 bridgehead atoms. The van der Waals surface area contributed by atoms with E-state index >= 15 is 0 Å². The zero-order valence-corrected chi connectivity index (χ0v) is 7.46. The van der Waals surface area contributed by atoms with Gasteiger partial charge in [-0.3, -0.25) is 5.32 Å². The van der Waals surface area contributed by atoms with E-state index in [1.807, 2.05) is 0 Å². The summed E-state index contributed by atoms with van der Waals surface area (Å²) in [6.07, 6.45) is 2.26. The van der Waals surface area contributed by atoms with Gasteiger partial charge in [0.1, 0.15) is 0 Å². The van der Waals surface area contributed by atoms with Gasteiger partial charge in [0.15, 0.2) is 0 Å². The number of benzene rings is 1. The normalized spacial score (nSPS) is 19.5. The van der Waals surface area contributed by atoms with Gasteiger partial charge in [0.05, 0.1) is 12.6 Å². The second kappa shape index (κ2) is 3.59. The summed E-state index contributed by atoms with van der Waals surface area (Å²) in [7, 11) is 0. The van der Waals surface area contributed by atoms with Crippen molar-refractivity contribution in [3.05, 3.63) is 35.4 Å². The Morgan fingerprint density at radius 3 is 3.15 bits per heavy atom. The Morgan fingerprint density at radius 2 is 2.31 bits per heavy atom. The summed E-state index contributed by atoms with van der Waals surface area (Å²) in [5, 5.41) is 11.7. The predicted octanol–water partition coefficient (Wildman–Crippen LogP) is 1.79. The predicted molar refractivity (Wildman–Crippen MR) is 51.1 cm³/mol. The second-order valence-corrected chi connectivity index (χ2v) is 3.33. The fraction of sp³-hybridized carbons (Fsp3) is 0.364. The Balaban J connectivity index is 2.15. The minimum atomic E-state index is 0.399. The molecule has 0 heterocycles. The van der Waals surface area contributed by atoms with E-state index in [1.54, 1.807) is 0 Å². The first-order valence-electron chi connectivity index (χ1n) is 4.60. The van der Waals surface area contributed by atoms with E-state index in [0.717, 1.165) is 12.8 Å². The number of aryl methyl sites for hydroxylation is 1. The number of nitrogens with zero attached hydrogens (tertiary/aromatic N) is 1. The second-order valence-electron chi connectivity index (χ2n) is 3.33. The number of nitriles is 1. The van der Waals surface area contributed by atoms with Crippen LogP contribution in [0, 0.1) is 11.3 Å². The standard InChI is InChI=1S/C11H12N2/c12-7-8-13-11-6-5-9-3-1-2-4-10(9)11/h1-4,11,13H,5-6,8H2. The molecule has 1 unspecified atom stereocenters. The first-order chi connectivity index (χ1) is 6.42. The molecule has 1 aromatic rings. The Labute approximate surface area is 78.2 Å². The van der Waals surface area contributed by atoms with E-state index in [0.29, 0.717) is 12.6 Å². The fourth-order valence-electron chi connectivity index (χ4n) is 1.94. The van der Waals surface area contributed by atoms with Crippen molar-refractivity contribution in [1.82, 2.24) is 5.32 Å². The molecule has 0 radical (unpaired) electrons. The van der Waals surface area contributed by atoms with Gasteiger partial charge in [-0.2, -0.15) is 5.26 Å². The summed E-state index contributed by atoms with van der Waals surface area (Å²) in [5.74, 6) is 0. The van der Waals surface area contributed by atoms with Crippen LogP contribution >= 0.6 is 0 Å². The van der Waals surface area contributed by atoms with Crippen LogP contribution in [0.15, 0.2) is 24.3 Å². The van der Waals surface area contributed by atoms with Crippen molar-refractivity contribution >= 4 is 0 Å². The zero-order chi connectivity index (χ0) is 9.10. The minimum Gasteiger partial charge on any atom is -0.298 e. The van der Waals surface area contributed by atoms with Crippen LogP contribution in [0.5, 0.6) is 0 Å². The van der Waals surface area contributed by atoms with Gasteiger partial charge in [-0.25, -0.2) is 0 Å². The molecule has 1 N–H and O–H groups in total. The lowest BCUT2D eigenvalue weighted by Gasteiger charge is -2.10. The van der Waals surface area contributed by atoms with Crippen LogP contribution in [0.1, 0.15) is 23.6 Å². The molecule has 66 valence electrons. The molecular formula is C11H12N2. The van der Waals surface area contributed by atoms with Gasteiger partial charge >= 0.3 is 0 Å². The zero-order valence-electron chi connectivity index (χ0n) is 7.46. The van der Waals surface area contributed by atoms with Gasteiger partial charge in [0.25, 0.3) is 0 Å². The lowest BCUT2D eigenvalue weighted by atomic mass is 10.1. The molecule has 2 heteroatoms. The molecular weight excluding hydrogens is 160 g/mol. The van der Waals surface area contributed by atoms with Crippen LogP contribution < -0.4 is 5.32 Å². The van der Waals surface area contributed by atoms with E-state index < -0.39 is 0 Å². The summed E-state index contributed by atoms with van der Waals surface area (Å²) >= 11 is 0. The summed E-state index contributed by atoms with van der Waals surface area (Å²) < 4.78 is 0. The Morgan fingerprint density at radius 1 is 1.46 bits per heavy atom. The maximum Gasteiger partial charge on any atom is 0.0845 e. The van der Waals surface area contributed by atoms with Crippen molar-refractivity contribution in [2.75, 3.05) is 6.54 Å². The van der Waals surface area contributed by atoms with Gasteiger partial charge in [-0.15, -0.1) is 0 Å². The molecule has 1 atom stereocenters. The lowest BCUT2D eigenvalue weighted by molar-refractivity contribution is 0.567. The Kier molecular flexibility index (Phi) is 2.29. The van der Waals surface area contributed by atoms with Crippen LogP contribution in [0.4, 0.5) is 0 Å². The fourth-order valence-corrected chi connectivity index (χ4v) is 1.94. The molecule has 0 fully saturated rings. The monoisotopic (exact) mass is 172 g/mol. The number of hydrogen-bond donors (Lipinski definition) is 1. The highest BCUT2D eigenvalue weighted by molar-refractivity contribution is 5.34. The van der Waals surface area contributed by atoms with Gasteiger partial charge < -0.3 is 0 Å². The summed E-state index contributed by atoms with van der Waals surface area (Å²) in [4.78, 5) is 0. The summed E-state index contributed by atoms with van der Waals surface area (Å²) in [6.45, 7) is 0.443. The molecule has 2 rings (SSSR count). The van der Waals surface area contributed by atoms with E-state index in [9.17, 15) is 0 Å².